The van der Waals surface area contributed by atoms with Gasteiger partial charge in [-0.3, -0.25) is 13.9 Å². The first kappa shape index (κ1) is 19.8. The highest BCUT2D eigenvalue weighted by molar-refractivity contribution is 8.13. The third-order valence-corrected chi connectivity index (χ3v) is 5.69. The summed E-state index contributed by atoms with van der Waals surface area (Å²) in [5.74, 6) is -0.598. The van der Waals surface area contributed by atoms with E-state index in [1.54, 1.807) is 0 Å². The van der Waals surface area contributed by atoms with Crippen LogP contribution in [-0.2, 0) is 27.4 Å². The van der Waals surface area contributed by atoms with Gasteiger partial charge in [-0.2, -0.15) is 0 Å². The highest BCUT2D eigenvalue weighted by Gasteiger charge is 2.15. The van der Waals surface area contributed by atoms with Gasteiger partial charge in [0.05, 0.1) is 35.0 Å². The molecule has 0 amide bonds. The summed E-state index contributed by atoms with van der Waals surface area (Å²) in [5.41, 5.74) is -0.0153. The van der Waals surface area contributed by atoms with E-state index in [0.717, 1.165) is 4.57 Å². The lowest BCUT2D eigenvalue weighted by Gasteiger charge is -2.12. The summed E-state index contributed by atoms with van der Waals surface area (Å²) in [4.78, 5) is 37.2. The molecule has 3 aromatic rings. The Kier molecular flexibility index (Phi) is 5.14. The number of methoxy groups -OCH3 is 1. The summed E-state index contributed by atoms with van der Waals surface area (Å²) in [7, 11) is 4.17. The third kappa shape index (κ3) is 3.58. The van der Waals surface area contributed by atoms with Gasteiger partial charge >= 0.3 is 11.7 Å². The second-order valence-electron chi connectivity index (χ2n) is 6.04. The van der Waals surface area contributed by atoms with Crippen LogP contribution in [0.15, 0.2) is 56.9 Å². The second kappa shape index (κ2) is 7.25. The summed E-state index contributed by atoms with van der Waals surface area (Å²) in [6, 6.07) is 9.89. The number of carbonyl (C=O) groups excluding carboxylic acids is 1. The summed E-state index contributed by atoms with van der Waals surface area (Å²) in [6.45, 7) is -0.0769. The molecule has 1 aromatic heterocycles. The minimum absolute atomic E-state index is 0.0769. The average Bonchev–Trinajstić information content (AvgIpc) is 2.68. The first-order valence-corrected chi connectivity index (χ1v) is 10.3. The zero-order valence-electron chi connectivity index (χ0n) is 14.9. The lowest BCUT2D eigenvalue weighted by Crippen LogP contribution is -2.39. The van der Waals surface area contributed by atoms with Crippen LogP contribution in [-0.4, -0.2) is 30.6 Å². The molecule has 0 bridgehead atoms. The quantitative estimate of drug-likeness (QED) is 0.465. The molecule has 0 aliphatic carbocycles. The van der Waals surface area contributed by atoms with E-state index in [1.165, 1.54) is 61.2 Å². The molecule has 146 valence electrons. The molecular formula is C18H15ClN2O6S. The second-order valence-corrected chi connectivity index (χ2v) is 8.60. The molecule has 10 heteroatoms. The van der Waals surface area contributed by atoms with Crippen molar-refractivity contribution in [3.63, 3.8) is 0 Å². The first-order chi connectivity index (χ1) is 13.1. The summed E-state index contributed by atoms with van der Waals surface area (Å²) in [6.07, 6.45) is 0. The Morgan fingerprint density at radius 2 is 1.75 bits per heavy atom. The highest BCUT2D eigenvalue weighted by Crippen LogP contribution is 2.16. The Labute approximate surface area is 164 Å². The minimum atomic E-state index is -3.87. The number of carbonyl (C=O) groups is 1. The minimum Gasteiger partial charge on any atom is -0.465 e. The molecule has 0 radical (unpaired) electrons. The molecule has 2 aromatic carbocycles. The van der Waals surface area contributed by atoms with Crippen LogP contribution in [0.2, 0.25) is 0 Å². The molecule has 28 heavy (non-hydrogen) atoms. The average molecular weight is 423 g/mol. The Balaban J connectivity index is 2.14. The van der Waals surface area contributed by atoms with Crippen molar-refractivity contribution >= 4 is 36.6 Å². The van der Waals surface area contributed by atoms with Crippen LogP contribution >= 0.6 is 10.7 Å². The fourth-order valence-electron chi connectivity index (χ4n) is 2.84. The predicted octanol–water partition coefficient (Wildman–Crippen LogP) is 1.46. The number of halogens is 1. The van der Waals surface area contributed by atoms with Crippen molar-refractivity contribution in [3.05, 3.63) is 74.4 Å². The van der Waals surface area contributed by atoms with Gasteiger partial charge < -0.3 is 4.74 Å². The molecule has 8 nitrogen and oxygen atoms in total. The van der Waals surface area contributed by atoms with Crippen LogP contribution in [0.4, 0.5) is 0 Å². The molecule has 0 N–H and O–H groups in total. The molecule has 0 saturated carbocycles. The van der Waals surface area contributed by atoms with Gasteiger partial charge in [-0.25, -0.2) is 18.0 Å². The molecule has 0 aliphatic heterocycles. The number of aryl methyl sites for hydroxylation is 1. The SMILES string of the molecule is COC(=O)c1ccc2c(c1)c(=O)n(Cc1ccc(S(=O)(=O)Cl)cc1)c(=O)n2C. The number of nitrogens with zero attached hydrogens (tertiary/aromatic N) is 2. The zero-order chi connectivity index (χ0) is 20.6. The lowest BCUT2D eigenvalue weighted by molar-refractivity contribution is 0.0601. The number of esters is 1. The maximum absolute atomic E-state index is 12.9. The van der Waals surface area contributed by atoms with Gasteiger partial charge in [0.25, 0.3) is 14.6 Å². The number of rotatable bonds is 4. The van der Waals surface area contributed by atoms with E-state index in [2.05, 4.69) is 4.74 Å². The van der Waals surface area contributed by atoms with Crippen molar-refractivity contribution in [2.45, 2.75) is 11.4 Å². The Hall–Kier alpha value is -2.91. The van der Waals surface area contributed by atoms with Crippen molar-refractivity contribution in [3.8, 4) is 0 Å². The molecule has 0 atom stereocenters. The third-order valence-electron chi connectivity index (χ3n) is 4.32. The largest absolute Gasteiger partial charge is 0.465 e. The lowest BCUT2D eigenvalue weighted by atomic mass is 10.1. The Morgan fingerprint density at radius 3 is 2.32 bits per heavy atom. The number of benzene rings is 2. The molecule has 0 unspecified atom stereocenters. The summed E-state index contributed by atoms with van der Waals surface area (Å²) < 4.78 is 29.6. The topological polar surface area (TPSA) is 104 Å². The highest BCUT2D eigenvalue weighted by atomic mass is 35.7. The van der Waals surface area contributed by atoms with Crippen molar-refractivity contribution in [1.82, 2.24) is 9.13 Å². The monoisotopic (exact) mass is 422 g/mol. The van der Waals surface area contributed by atoms with E-state index in [4.69, 9.17) is 10.7 Å². The Bertz CT molecular complexity index is 1310. The summed E-state index contributed by atoms with van der Waals surface area (Å²) in [5, 5.41) is 0.185. The fourth-order valence-corrected chi connectivity index (χ4v) is 3.61. The number of aromatic nitrogens is 2. The number of hydrogen-bond acceptors (Lipinski definition) is 6. The van der Waals surface area contributed by atoms with Crippen molar-refractivity contribution in [1.29, 1.82) is 0 Å². The number of fused-ring (bicyclic) bond motifs is 1. The predicted molar refractivity (Wildman–Crippen MR) is 103 cm³/mol. The van der Waals surface area contributed by atoms with Gasteiger partial charge in [0.1, 0.15) is 0 Å². The van der Waals surface area contributed by atoms with Gasteiger partial charge in [0.15, 0.2) is 0 Å². The van der Waals surface area contributed by atoms with Gasteiger partial charge in [-0.05, 0) is 35.9 Å². The molecular weight excluding hydrogens is 408 g/mol. The normalized spacial score (nSPS) is 11.5. The van der Waals surface area contributed by atoms with E-state index in [9.17, 15) is 22.8 Å². The number of hydrogen-bond donors (Lipinski definition) is 0. The van der Waals surface area contributed by atoms with E-state index < -0.39 is 26.3 Å². The maximum Gasteiger partial charge on any atom is 0.337 e. The zero-order valence-corrected chi connectivity index (χ0v) is 16.5. The van der Waals surface area contributed by atoms with Crippen molar-refractivity contribution in [2.24, 2.45) is 7.05 Å². The summed E-state index contributed by atoms with van der Waals surface area (Å²) >= 11 is 0. The standard InChI is InChI=1S/C18H15ClN2O6S/c1-20-15-8-5-12(17(23)27-2)9-14(15)16(22)21(18(20)24)10-11-3-6-13(7-4-11)28(19,25)26/h3-9H,10H2,1-2H3. The Morgan fingerprint density at radius 1 is 1.11 bits per heavy atom. The van der Waals surface area contributed by atoms with Crippen LogP contribution in [0.1, 0.15) is 15.9 Å². The van der Waals surface area contributed by atoms with Gasteiger partial charge in [0, 0.05) is 17.7 Å². The molecule has 0 spiro atoms. The smallest absolute Gasteiger partial charge is 0.337 e. The molecule has 0 saturated heterocycles. The van der Waals surface area contributed by atoms with Gasteiger partial charge in [-0.15, -0.1) is 0 Å². The van der Waals surface area contributed by atoms with E-state index in [0.29, 0.717) is 11.1 Å². The van der Waals surface area contributed by atoms with Crippen LogP contribution in [0.25, 0.3) is 10.9 Å². The molecule has 0 aliphatic rings. The van der Waals surface area contributed by atoms with E-state index in [1.807, 2.05) is 0 Å². The van der Waals surface area contributed by atoms with Crippen LogP contribution in [0.3, 0.4) is 0 Å². The van der Waals surface area contributed by atoms with Crippen molar-refractivity contribution < 1.29 is 17.9 Å². The maximum atomic E-state index is 12.9. The molecule has 0 fully saturated rings. The van der Waals surface area contributed by atoms with Crippen LogP contribution in [0, 0.1) is 0 Å². The van der Waals surface area contributed by atoms with Gasteiger partial charge in [-0.1, -0.05) is 12.1 Å². The van der Waals surface area contributed by atoms with Crippen LogP contribution in [0.5, 0.6) is 0 Å². The van der Waals surface area contributed by atoms with Crippen LogP contribution < -0.4 is 11.2 Å². The first-order valence-electron chi connectivity index (χ1n) is 7.99. The number of ether oxygens (including phenoxy) is 1. The van der Waals surface area contributed by atoms with E-state index in [-0.39, 0.29) is 22.4 Å². The fraction of sp³-hybridized carbons (Fsp3) is 0.167. The molecule has 3 rings (SSSR count). The molecule has 1 heterocycles. The van der Waals surface area contributed by atoms with E-state index >= 15 is 0 Å². The van der Waals surface area contributed by atoms with Gasteiger partial charge in [0.2, 0.25) is 0 Å². The van der Waals surface area contributed by atoms with Crippen molar-refractivity contribution in [2.75, 3.05) is 7.11 Å².